The van der Waals surface area contributed by atoms with E-state index in [1.807, 2.05) is 48.5 Å². The summed E-state index contributed by atoms with van der Waals surface area (Å²) in [5, 5.41) is 5.83. The maximum absolute atomic E-state index is 12.1. The van der Waals surface area contributed by atoms with Gasteiger partial charge in [0, 0.05) is 11.6 Å². The highest BCUT2D eigenvalue weighted by molar-refractivity contribution is 7.80. The van der Waals surface area contributed by atoms with Crippen LogP contribution in [0.25, 0.3) is 6.08 Å². The third kappa shape index (κ3) is 6.75. The van der Waals surface area contributed by atoms with E-state index in [9.17, 15) is 4.79 Å². The predicted molar refractivity (Wildman–Crippen MR) is 113 cm³/mol. The highest BCUT2D eigenvalue weighted by Gasteiger charge is 2.08. The minimum Gasteiger partial charge on any atom is -0.496 e. The molecule has 0 aliphatic carbocycles. The molecule has 27 heavy (non-hydrogen) atoms. The van der Waals surface area contributed by atoms with Gasteiger partial charge in [0.1, 0.15) is 11.5 Å². The summed E-state index contributed by atoms with van der Waals surface area (Å²) in [6.07, 6.45) is 3.09. The Morgan fingerprint density at radius 2 is 1.78 bits per heavy atom. The van der Waals surface area contributed by atoms with Crippen molar-refractivity contribution in [3.63, 3.8) is 0 Å². The van der Waals surface area contributed by atoms with Crippen LogP contribution in [0.5, 0.6) is 11.5 Å². The first kappa shape index (κ1) is 20.5. The van der Waals surface area contributed by atoms with E-state index in [0.717, 1.165) is 5.56 Å². The molecule has 0 unspecified atom stereocenters. The van der Waals surface area contributed by atoms with Crippen LogP contribution in [0.2, 0.25) is 0 Å². The quantitative estimate of drug-likeness (QED) is 0.552. The van der Waals surface area contributed by atoms with E-state index in [0.29, 0.717) is 29.7 Å². The first-order chi connectivity index (χ1) is 13.0. The van der Waals surface area contributed by atoms with Gasteiger partial charge in [0.2, 0.25) is 5.91 Å². The number of nitrogens with one attached hydrogen (secondary N) is 2. The van der Waals surface area contributed by atoms with E-state index in [1.54, 1.807) is 13.2 Å². The Morgan fingerprint density at radius 1 is 1.11 bits per heavy atom. The monoisotopic (exact) mass is 384 g/mol. The maximum atomic E-state index is 12.1. The van der Waals surface area contributed by atoms with E-state index >= 15 is 0 Å². The molecule has 0 saturated carbocycles. The molecule has 142 valence electrons. The maximum Gasteiger partial charge on any atom is 0.250 e. The van der Waals surface area contributed by atoms with Crippen LogP contribution in [-0.4, -0.2) is 24.7 Å². The highest BCUT2D eigenvalue weighted by Crippen LogP contribution is 2.24. The zero-order chi connectivity index (χ0) is 19.6. The summed E-state index contributed by atoms with van der Waals surface area (Å²) in [6, 6.07) is 14.9. The van der Waals surface area contributed by atoms with Crippen molar-refractivity contribution in [2.45, 2.75) is 13.8 Å². The first-order valence-corrected chi connectivity index (χ1v) is 9.05. The Hall–Kier alpha value is -2.86. The molecular weight excluding hydrogens is 360 g/mol. The summed E-state index contributed by atoms with van der Waals surface area (Å²) in [6.45, 7) is 4.75. The van der Waals surface area contributed by atoms with Gasteiger partial charge in [-0.2, -0.15) is 0 Å². The molecule has 0 saturated heterocycles. The molecule has 2 aromatic carbocycles. The molecule has 0 aromatic heterocycles. The molecule has 0 bridgehead atoms. The number of benzene rings is 2. The second-order valence-electron chi connectivity index (χ2n) is 6.22. The number of carbonyl (C=O) groups excluding carboxylic acids is 1. The van der Waals surface area contributed by atoms with Gasteiger partial charge in [-0.05, 0) is 42.4 Å². The zero-order valence-electron chi connectivity index (χ0n) is 15.7. The molecule has 0 aliphatic rings. The standard InChI is InChI=1S/C21H24N2O3S/c1-15(2)14-26-19-11-7-5-9-17(19)22-21(27)23-20(24)13-12-16-8-4-6-10-18(16)25-3/h4-13,15H,14H2,1-3H3,(H2,22,23,24,27)/b13-12+. The van der Waals surface area contributed by atoms with Crippen LogP contribution in [0.3, 0.4) is 0 Å². The van der Waals surface area contributed by atoms with E-state index in [-0.39, 0.29) is 11.0 Å². The zero-order valence-corrected chi connectivity index (χ0v) is 16.5. The fourth-order valence-electron chi connectivity index (χ4n) is 2.23. The molecule has 2 aromatic rings. The second kappa shape index (κ2) is 10.3. The van der Waals surface area contributed by atoms with Crippen LogP contribution in [0, 0.1) is 5.92 Å². The lowest BCUT2D eigenvalue weighted by atomic mass is 10.2. The Balaban J connectivity index is 1.95. The molecule has 1 amide bonds. The number of amides is 1. The van der Waals surface area contributed by atoms with Crippen molar-refractivity contribution < 1.29 is 14.3 Å². The summed E-state index contributed by atoms with van der Waals surface area (Å²) >= 11 is 5.23. The summed E-state index contributed by atoms with van der Waals surface area (Å²) in [5.41, 5.74) is 1.51. The van der Waals surface area contributed by atoms with Gasteiger partial charge in [-0.3, -0.25) is 10.1 Å². The van der Waals surface area contributed by atoms with Crippen molar-refractivity contribution in [3.05, 3.63) is 60.2 Å². The molecule has 2 N–H and O–H groups in total. The van der Waals surface area contributed by atoms with Crippen LogP contribution in [0.1, 0.15) is 19.4 Å². The van der Waals surface area contributed by atoms with Crippen molar-refractivity contribution >= 4 is 35.0 Å². The van der Waals surface area contributed by atoms with E-state index in [4.69, 9.17) is 21.7 Å². The number of thiocarbonyl (C=S) groups is 1. The first-order valence-electron chi connectivity index (χ1n) is 8.64. The number of hydrogen-bond donors (Lipinski definition) is 2. The smallest absolute Gasteiger partial charge is 0.250 e. The Kier molecular flexibility index (Phi) is 7.82. The number of ether oxygens (including phenoxy) is 2. The molecular formula is C21H24N2O3S. The summed E-state index contributed by atoms with van der Waals surface area (Å²) in [7, 11) is 1.59. The number of methoxy groups -OCH3 is 1. The molecule has 5 nitrogen and oxygen atoms in total. The van der Waals surface area contributed by atoms with Gasteiger partial charge < -0.3 is 14.8 Å². The molecule has 0 radical (unpaired) electrons. The number of anilines is 1. The van der Waals surface area contributed by atoms with E-state index < -0.39 is 0 Å². The predicted octanol–water partition coefficient (Wildman–Crippen LogP) is 4.26. The van der Waals surface area contributed by atoms with Crippen molar-refractivity contribution in [2.24, 2.45) is 5.92 Å². The summed E-state index contributed by atoms with van der Waals surface area (Å²) in [4.78, 5) is 12.1. The SMILES string of the molecule is COc1ccccc1/C=C/C(=O)NC(=S)Nc1ccccc1OCC(C)C. The lowest BCUT2D eigenvalue weighted by Crippen LogP contribution is -2.33. The fraction of sp³-hybridized carbons (Fsp3) is 0.238. The van der Waals surface area contributed by atoms with Gasteiger partial charge >= 0.3 is 0 Å². The summed E-state index contributed by atoms with van der Waals surface area (Å²) < 4.78 is 11.0. The topological polar surface area (TPSA) is 59.6 Å². The highest BCUT2D eigenvalue weighted by atomic mass is 32.1. The lowest BCUT2D eigenvalue weighted by Gasteiger charge is -2.15. The third-order valence-electron chi connectivity index (χ3n) is 3.50. The van der Waals surface area contributed by atoms with Gasteiger partial charge in [-0.1, -0.05) is 44.2 Å². The Morgan fingerprint density at radius 3 is 2.48 bits per heavy atom. The van der Waals surface area contributed by atoms with Gasteiger partial charge in [0.15, 0.2) is 5.11 Å². The van der Waals surface area contributed by atoms with E-state index in [2.05, 4.69) is 24.5 Å². The van der Waals surface area contributed by atoms with Crippen molar-refractivity contribution in [3.8, 4) is 11.5 Å². The Bertz CT molecular complexity index is 819. The third-order valence-corrected chi connectivity index (χ3v) is 3.70. The average Bonchev–Trinajstić information content (AvgIpc) is 2.65. The van der Waals surface area contributed by atoms with Gasteiger partial charge in [0.05, 0.1) is 19.4 Å². The molecule has 0 spiro atoms. The van der Waals surface area contributed by atoms with E-state index in [1.165, 1.54) is 6.08 Å². The largest absolute Gasteiger partial charge is 0.496 e. The van der Waals surface area contributed by atoms with Crippen LogP contribution >= 0.6 is 12.2 Å². The average molecular weight is 385 g/mol. The van der Waals surface area contributed by atoms with Crippen LogP contribution < -0.4 is 20.1 Å². The molecule has 0 fully saturated rings. The van der Waals surface area contributed by atoms with Gasteiger partial charge in [-0.25, -0.2) is 0 Å². The van der Waals surface area contributed by atoms with Crippen LogP contribution in [0.15, 0.2) is 54.6 Å². The normalized spacial score (nSPS) is 10.7. The van der Waals surface area contributed by atoms with Gasteiger partial charge in [-0.15, -0.1) is 0 Å². The number of hydrogen-bond acceptors (Lipinski definition) is 4. The number of para-hydroxylation sites is 3. The van der Waals surface area contributed by atoms with Crippen molar-refractivity contribution in [2.75, 3.05) is 19.0 Å². The van der Waals surface area contributed by atoms with Crippen molar-refractivity contribution in [1.29, 1.82) is 0 Å². The van der Waals surface area contributed by atoms with Crippen molar-refractivity contribution in [1.82, 2.24) is 5.32 Å². The molecule has 6 heteroatoms. The number of carbonyl (C=O) groups is 1. The lowest BCUT2D eigenvalue weighted by molar-refractivity contribution is -0.115. The fourth-order valence-corrected chi connectivity index (χ4v) is 2.44. The Labute approximate surface area is 165 Å². The van der Waals surface area contributed by atoms with Crippen LogP contribution in [0.4, 0.5) is 5.69 Å². The summed E-state index contributed by atoms with van der Waals surface area (Å²) in [5.74, 6) is 1.45. The molecule has 0 heterocycles. The minimum atomic E-state index is -0.334. The molecule has 2 rings (SSSR count). The minimum absolute atomic E-state index is 0.199. The van der Waals surface area contributed by atoms with Crippen LogP contribution in [-0.2, 0) is 4.79 Å². The second-order valence-corrected chi connectivity index (χ2v) is 6.63. The number of rotatable bonds is 7. The van der Waals surface area contributed by atoms with Gasteiger partial charge in [0.25, 0.3) is 0 Å². The molecule has 0 atom stereocenters. The molecule has 0 aliphatic heterocycles.